The maximum atomic E-state index is 10.9. The molecule has 0 radical (unpaired) electrons. The van der Waals surface area contributed by atoms with E-state index in [9.17, 15) is 31.2 Å². The molecule has 12 aromatic carbocycles. The largest absolute Gasteiger partial charge is 0.744 e. The lowest BCUT2D eigenvalue weighted by Crippen LogP contribution is -2.33. The third-order valence-electron chi connectivity index (χ3n) is 16.1. The predicted octanol–water partition coefficient (Wildman–Crippen LogP) is 16.4. The van der Waals surface area contributed by atoms with E-state index in [1.807, 2.05) is 6.92 Å². The van der Waals surface area contributed by atoms with Gasteiger partial charge >= 0.3 is 0 Å². The predicted molar refractivity (Wildman–Crippen MR) is 393 cm³/mol. The Morgan fingerprint density at radius 2 is 0.621 bits per heavy atom. The van der Waals surface area contributed by atoms with E-state index in [4.69, 9.17) is 0 Å². The molecule has 0 fully saturated rings. The number of rotatable bonds is 24. The second-order valence-electron chi connectivity index (χ2n) is 22.4. The molecule has 12 rings (SSSR count). The summed E-state index contributed by atoms with van der Waals surface area (Å²) >= 11 is 0.686. The van der Waals surface area contributed by atoms with E-state index in [0.717, 1.165) is 10.9 Å². The summed E-state index contributed by atoms with van der Waals surface area (Å²) in [7, 11) is -12.2. The molecule has 9 nitrogen and oxygen atoms in total. The van der Waals surface area contributed by atoms with Crippen LogP contribution in [0.5, 0.6) is 0 Å². The van der Waals surface area contributed by atoms with Crippen molar-refractivity contribution in [2.45, 2.75) is 81.2 Å². The SMILES string of the molecule is Cc1ccc(S(=O)(=O)[O-])cc1.O=S(=O)([O-])c1ccc2ccc(SOO[O-])cc2c1.c1ccc([P+](CCCCCCCCC[P+](c2ccccc2)(c2ccccc2)c2ccccc2)(c2ccccc2)c2ccccc2)cc1.c1ccc([S+](c2ccccc2)c2ccccc2)cc1. The van der Waals surface area contributed by atoms with Crippen LogP contribution in [0.25, 0.3) is 10.8 Å². The van der Waals surface area contributed by atoms with Crippen molar-refractivity contribution in [2.24, 2.45) is 0 Å². The summed E-state index contributed by atoms with van der Waals surface area (Å²) in [6.07, 6.45) is 11.5. The van der Waals surface area contributed by atoms with Gasteiger partial charge in [-0.3, -0.25) is 5.04 Å². The van der Waals surface area contributed by atoms with Crippen LogP contribution < -0.4 is 37.1 Å². The highest BCUT2D eigenvalue weighted by atomic mass is 32.2. The summed E-state index contributed by atoms with van der Waals surface area (Å²) in [5.74, 6) is 0. The minimum absolute atomic E-state index is 0.0146. The van der Waals surface area contributed by atoms with Gasteiger partial charge in [0.25, 0.3) is 0 Å². The zero-order valence-corrected chi connectivity index (χ0v) is 57.9. The number of hydrogen-bond donors (Lipinski definition) is 0. The van der Waals surface area contributed by atoms with E-state index >= 15 is 0 Å². The van der Waals surface area contributed by atoms with Gasteiger partial charge in [-0.05, 0) is 189 Å². The van der Waals surface area contributed by atoms with Crippen LogP contribution in [-0.4, -0.2) is 38.3 Å². The fourth-order valence-corrected chi connectivity index (χ4v) is 23.9. The first-order valence-corrected chi connectivity index (χ1v) is 40.2. The lowest BCUT2D eigenvalue weighted by Gasteiger charge is -2.28. The molecule has 0 bridgehead atoms. The molecule has 0 saturated heterocycles. The van der Waals surface area contributed by atoms with Crippen LogP contribution in [0.2, 0.25) is 0 Å². The zero-order chi connectivity index (χ0) is 66.6. The van der Waals surface area contributed by atoms with E-state index < -0.39 is 34.8 Å². The molecule has 15 heteroatoms. The van der Waals surface area contributed by atoms with E-state index in [0.29, 0.717) is 22.3 Å². The monoisotopic (exact) mass is 1370 g/mol. The molecule has 0 saturated carbocycles. The second-order valence-corrected chi connectivity index (χ2v) is 35.2. The molecule has 0 N–H and O–H groups in total. The molecule has 0 aliphatic carbocycles. The van der Waals surface area contributed by atoms with Crippen molar-refractivity contribution in [1.82, 2.24) is 0 Å². The van der Waals surface area contributed by atoms with Crippen LogP contribution in [0.15, 0.2) is 363 Å². The molecule has 95 heavy (non-hydrogen) atoms. The minimum Gasteiger partial charge on any atom is -0.744 e. The molecule has 0 spiro atoms. The van der Waals surface area contributed by atoms with Crippen LogP contribution in [0, 0.1) is 6.92 Å². The summed E-state index contributed by atoms with van der Waals surface area (Å²) in [5, 5.41) is 23.2. The molecule has 484 valence electrons. The second kappa shape index (κ2) is 36.3. The minimum atomic E-state index is -4.49. The topological polar surface area (TPSA) is 156 Å². The number of unbranched alkanes of at least 4 members (excludes halogenated alkanes) is 6. The normalized spacial score (nSPS) is 11.5. The Kier molecular flexibility index (Phi) is 27.3. The first-order chi connectivity index (χ1) is 46.3. The Labute approximate surface area is 569 Å². The van der Waals surface area contributed by atoms with Gasteiger partial charge in [0.2, 0.25) is 0 Å². The zero-order valence-electron chi connectivity index (χ0n) is 52.8. The molecule has 0 atom stereocenters. The van der Waals surface area contributed by atoms with Gasteiger partial charge in [0.1, 0.15) is 66.6 Å². The van der Waals surface area contributed by atoms with Crippen LogP contribution in [0.4, 0.5) is 0 Å². The third kappa shape index (κ3) is 20.1. The highest BCUT2D eigenvalue weighted by Crippen LogP contribution is 2.57. The Morgan fingerprint density at radius 1 is 0.337 bits per heavy atom. The molecular formula is C80H76O9P2S4. The summed E-state index contributed by atoms with van der Waals surface area (Å²) in [6.45, 7) is 1.82. The van der Waals surface area contributed by atoms with Crippen molar-refractivity contribution in [2.75, 3.05) is 12.3 Å². The van der Waals surface area contributed by atoms with Crippen molar-refractivity contribution >= 4 is 100 Å². The van der Waals surface area contributed by atoms with Crippen molar-refractivity contribution in [1.29, 1.82) is 0 Å². The first-order valence-electron chi connectivity index (χ1n) is 31.4. The van der Waals surface area contributed by atoms with E-state index in [2.05, 4.69) is 282 Å². The quantitative estimate of drug-likeness (QED) is 0.0109. The van der Waals surface area contributed by atoms with Gasteiger partial charge in [-0.25, -0.2) is 16.8 Å². The van der Waals surface area contributed by atoms with Gasteiger partial charge in [0.15, 0.2) is 14.7 Å². The van der Waals surface area contributed by atoms with Gasteiger partial charge in [-0.1, -0.05) is 213 Å². The Morgan fingerprint density at radius 3 is 0.926 bits per heavy atom. The fourth-order valence-electron chi connectivity index (χ4n) is 11.6. The van der Waals surface area contributed by atoms with E-state index in [-0.39, 0.29) is 20.7 Å². The molecule has 0 heterocycles. The standard InChI is InChI=1S/C45H48P2.C18H15S.C10H8O6S2.C7H8O3S/c1(2-4-24-38-46(40-26-12-6-13-27-40,41-28-14-7-15-29-41)42-30-16-8-17-31-42)3-5-25-39-47(43-32-18-9-19-33-43,44-34-20-10-21-35-44)45-36-22-11-23-37-45;1-4-10-16(11-5-1)19(17-12-6-2-7-13-17)18-14-8-3-9-15-18;11-15-16-17-9-3-1-7-2-4-10(18(12,13)14)6-8(7)5-9;1-6-2-4-7(5-3-6)11(8,9)10/h6-23,26-37H,1-5,24-25,38-39H2;1-15H;1-6,11H,(H,12,13,14);2-5H,1H3,(H,8,9,10)/q+2;+1;;/p-3. The van der Waals surface area contributed by atoms with Crippen molar-refractivity contribution in [3.05, 3.63) is 339 Å². The van der Waals surface area contributed by atoms with E-state index in [1.54, 1.807) is 30.3 Å². The molecule has 0 aliphatic rings. The van der Waals surface area contributed by atoms with Crippen LogP contribution >= 0.6 is 26.6 Å². The lowest BCUT2D eigenvalue weighted by molar-refractivity contribution is -0.777. The van der Waals surface area contributed by atoms with Crippen LogP contribution in [0.1, 0.15) is 50.5 Å². The average Bonchev–Trinajstić information content (AvgIpc) is 0.770. The Hall–Kier alpha value is -7.84. The van der Waals surface area contributed by atoms with Gasteiger partial charge in [-0.15, -0.1) is 0 Å². The molecule has 0 aromatic heterocycles. The number of benzene rings is 12. The van der Waals surface area contributed by atoms with Crippen LogP contribution in [-0.2, 0) is 40.5 Å². The van der Waals surface area contributed by atoms with Gasteiger partial charge in [0.05, 0.1) is 45.1 Å². The maximum Gasteiger partial charge on any atom is 0.166 e. The van der Waals surface area contributed by atoms with Gasteiger partial charge in [-0.2, -0.15) is 4.33 Å². The molecular weight excluding hydrogens is 1300 g/mol. The van der Waals surface area contributed by atoms with Gasteiger partial charge < -0.3 is 14.4 Å². The Bertz CT molecular complexity index is 4010. The van der Waals surface area contributed by atoms with Crippen molar-refractivity contribution in [3.8, 4) is 0 Å². The Balaban J connectivity index is 0.000000179. The summed E-state index contributed by atoms with van der Waals surface area (Å²) in [4.78, 5) is 4.14. The summed E-state index contributed by atoms with van der Waals surface area (Å²) < 4.78 is 68.0. The summed E-state index contributed by atoms with van der Waals surface area (Å²) in [5.41, 5.74) is 0.928. The number of aryl methyl sites for hydroxylation is 1. The number of hydrogen-bond acceptors (Lipinski definition) is 10. The molecule has 0 aliphatic heterocycles. The van der Waals surface area contributed by atoms with Crippen molar-refractivity contribution < 1.29 is 40.6 Å². The summed E-state index contributed by atoms with van der Waals surface area (Å²) in [6, 6.07) is 115. The highest BCUT2D eigenvalue weighted by molar-refractivity contribution is 7.97. The molecule has 0 unspecified atom stereocenters. The first kappa shape index (κ1) is 71.5. The van der Waals surface area contributed by atoms with E-state index in [1.165, 1.54) is 134 Å². The van der Waals surface area contributed by atoms with Gasteiger partial charge in [0, 0.05) is 4.90 Å². The maximum absolute atomic E-state index is 10.9. The third-order valence-corrected chi connectivity index (χ3v) is 29.7. The fraction of sp³-hybridized carbons (Fsp3) is 0.125. The lowest BCUT2D eigenvalue weighted by atomic mass is 10.1. The van der Waals surface area contributed by atoms with Crippen molar-refractivity contribution in [3.63, 3.8) is 0 Å². The molecule has 12 aromatic rings. The average molecular weight is 1370 g/mol. The van der Waals surface area contributed by atoms with Crippen LogP contribution in [0.3, 0.4) is 0 Å². The molecule has 0 amide bonds. The number of fused-ring (bicyclic) bond motifs is 1. The smallest absolute Gasteiger partial charge is 0.166 e. The highest BCUT2D eigenvalue weighted by Gasteiger charge is 2.46.